The van der Waals surface area contributed by atoms with Crippen LogP contribution in [0.15, 0.2) is 24.3 Å². The second kappa shape index (κ2) is 6.80. The Morgan fingerprint density at radius 3 is 2.68 bits per heavy atom. The summed E-state index contributed by atoms with van der Waals surface area (Å²) in [6.07, 6.45) is 2.45. The van der Waals surface area contributed by atoms with Gasteiger partial charge in [0.15, 0.2) is 0 Å². The maximum absolute atomic E-state index is 5.22. The van der Waals surface area contributed by atoms with Crippen molar-refractivity contribution < 1.29 is 4.74 Å². The molecule has 0 aromatic heterocycles. The number of benzene rings is 1. The molecule has 0 spiro atoms. The molecule has 1 aliphatic rings. The normalized spacial score (nSPS) is 20.4. The molecular weight excluding hydrogens is 236 g/mol. The van der Waals surface area contributed by atoms with Crippen LogP contribution in [0.1, 0.15) is 26.7 Å². The van der Waals surface area contributed by atoms with Crippen LogP contribution >= 0.6 is 0 Å². The van der Waals surface area contributed by atoms with Crippen LogP contribution in [0.2, 0.25) is 0 Å². The summed E-state index contributed by atoms with van der Waals surface area (Å²) in [5, 5.41) is 3.67. The van der Waals surface area contributed by atoms with Crippen molar-refractivity contribution in [3.63, 3.8) is 0 Å². The van der Waals surface area contributed by atoms with Crippen molar-refractivity contribution in [2.45, 2.75) is 32.7 Å². The summed E-state index contributed by atoms with van der Waals surface area (Å²) in [5.41, 5.74) is 1.30. The Morgan fingerprint density at radius 1 is 1.32 bits per heavy atom. The summed E-state index contributed by atoms with van der Waals surface area (Å²) in [7, 11) is 1.71. The first-order valence-electron chi connectivity index (χ1n) is 7.31. The summed E-state index contributed by atoms with van der Waals surface area (Å²) in [4.78, 5) is 2.49. The molecule has 1 heterocycles. The molecule has 1 atom stereocenters. The maximum Gasteiger partial charge on any atom is 0.119 e. The highest BCUT2D eigenvalue weighted by atomic mass is 16.5. The predicted molar refractivity (Wildman–Crippen MR) is 81.1 cm³/mol. The maximum atomic E-state index is 5.22. The van der Waals surface area contributed by atoms with Crippen LogP contribution in [-0.4, -0.2) is 32.8 Å². The van der Waals surface area contributed by atoms with E-state index in [0.717, 1.165) is 31.3 Å². The van der Waals surface area contributed by atoms with E-state index in [1.807, 2.05) is 12.1 Å². The largest absolute Gasteiger partial charge is 0.497 e. The van der Waals surface area contributed by atoms with Gasteiger partial charge in [0.2, 0.25) is 0 Å². The number of anilines is 1. The topological polar surface area (TPSA) is 24.5 Å². The van der Waals surface area contributed by atoms with E-state index < -0.39 is 0 Å². The Labute approximate surface area is 116 Å². The highest BCUT2D eigenvalue weighted by molar-refractivity contribution is 5.49. The van der Waals surface area contributed by atoms with E-state index >= 15 is 0 Å². The minimum absolute atomic E-state index is 0.601. The lowest BCUT2D eigenvalue weighted by molar-refractivity contribution is 0.414. The lowest BCUT2D eigenvalue weighted by Crippen LogP contribution is -2.38. The Hall–Kier alpha value is -1.22. The molecule has 3 heteroatoms. The molecule has 0 aliphatic carbocycles. The Bertz CT molecular complexity index is 375. The number of hydrogen-bond donors (Lipinski definition) is 1. The zero-order valence-electron chi connectivity index (χ0n) is 12.4. The van der Waals surface area contributed by atoms with Crippen molar-refractivity contribution in [2.75, 3.05) is 31.6 Å². The molecule has 19 heavy (non-hydrogen) atoms. The smallest absolute Gasteiger partial charge is 0.119 e. The molecule has 1 aromatic rings. The van der Waals surface area contributed by atoms with Crippen LogP contribution in [0.4, 0.5) is 5.69 Å². The first-order chi connectivity index (χ1) is 9.19. The zero-order valence-corrected chi connectivity index (χ0v) is 12.4. The lowest BCUT2D eigenvalue weighted by Gasteiger charge is -2.27. The third kappa shape index (κ3) is 4.13. The molecule has 0 radical (unpaired) electrons. The minimum Gasteiger partial charge on any atom is -0.497 e. The SMILES string of the molecule is COc1ccc(N2CCCNC(CC(C)C)C2)cc1. The van der Waals surface area contributed by atoms with E-state index in [2.05, 4.69) is 36.2 Å². The molecule has 1 N–H and O–H groups in total. The van der Waals surface area contributed by atoms with Crippen molar-refractivity contribution in [1.29, 1.82) is 0 Å². The number of rotatable bonds is 4. The molecule has 1 saturated heterocycles. The summed E-state index contributed by atoms with van der Waals surface area (Å²) in [6, 6.07) is 9.02. The minimum atomic E-state index is 0.601. The first kappa shape index (κ1) is 14.2. The van der Waals surface area contributed by atoms with Gasteiger partial charge in [0.1, 0.15) is 5.75 Å². The van der Waals surface area contributed by atoms with Gasteiger partial charge in [-0.05, 0) is 49.6 Å². The van der Waals surface area contributed by atoms with Crippen LogP contribution in [0.25, 0.3) is 0 Å². The van der Waals surface area contributed by atoms with Gasteiger partial charge in [0.05, 0.1) is 7.11 Å². The number of methoxy groups -OCH3 is 1. The average molecular weight is 262 g/mol. The van der Waals surface area contributed by atoms with E-state index in [4.69, 9.17) is 4.74 Å². The Kier molecular flexibility index (Phi) is 5.08. The van der Waals surface area contributed by atoms with Gasteiger partial charge < -0.3 is 15.0 Å². The van der Waals surface area contributed by atoms with E-state index in [-0.39, 0.29) is 0 Å². The van der Waals surface area contributed by atoms with Crippen LogP contribution in [0, 0.1) is 5.92 Å². The molecule has 106 valence electrons. The fourth-order valence-corrected chi connectivity index (χ4v) is 2.75. The van der Waals surface area contributed by atoms with Gasteiger partial charge >= 0.3 is 0 Å². The molecule has 1 aromatic carbocycles. The van der Waals surface area contributed by atoms with Crippen LogP contribution in [0.5, 0.6) is 5.75 Å². The Balaban J connectivity index is 2.04. The van der Waals surface area contributed by atoms with E-state index in [1.165, 1.54) is 18.5 Å². The predicted octanol–water partition coefficient (Wildman–Crippen LogP) is 2.91. The fourth-order valence-electron chi connectivity index (χ4n) is 2.75. The number of hydrogen-bond acceptors (Lipinski definition) is 3. The van der Waals surface area contributed by atoms with Crippen molar-refractivity contribution in [2.24, 2.45) is 5.92 Å². The molecule has 3 nitrogen and oxygen atoms in total. The Morgan fingerprint density at radius 2 is 2.05 bits per heavy atom. The van der Waals surface area contributed by atoms with Gasteiger partial charge in [-0.25, -0.2) is 0 Å². The first-order valence-corrected chi connectivity index (χ1v) is 7.31. The van der Waals surface area contributed by atoms with Crippen molar-refractivity contribution in [1.82, 2.24) is 5.32 Å². The van der Waals surface area contributed by atoms with Crippen LogP contribution in [-0.2, 0) is 0 Å². The van der Waals surface area contributed by atoms with Gasteiger partial charge in [0, 0.05) is 24.8 Å². The highest BCUT2D eigenvalue weighted by Gasteiger charge is 2.18. The van der Waals surface area contributed by atoms with Crippen molar-refractivity contribution in [3.05, 3.63) is 24.3 Å². The number of nitrogens with zero attached hydrogens (tertiary/aromatic N) is 1. The summed E-state index contributed by atoms with van der Waals surface area (Å²) in [6.45, 7) is 7.96. The van der Waals surface area contributed by atoms with Crippen molar-refractivity contribution in [3.8, 4) is 5.75 Å². The van der Waals surface area contributed by atoms with Crippen LogP contribution < -0.4 is 15.0 Å². The molecule has 0 bridgehead atoms. The van der Waals surface area contributed by atoms with Gasteiger partial charge in [-0.3, -0.25) is 0 Å². The third-order valence-corrected chi connectivity index (χ3v) is 3.67. The van der Waals surface area contributed by atoms with Crippen LogP contribution in [0.3, 0.4) is 0 Å². The average Bonchev–Trinajstić information content (AvgIpc) is 2.64. The highest BCUT2D eigenvalue weighted by Crippen LogP contribution is 2.21. The molecule has 1 unspecified atom stereocenters. The second-order valence-electron chi connectivity index (χ2n) is 5.78. The monoisotopic (exact) mass is 262 g/mol. The molecule has 0 saturated carbocycles. The number of nitrogens with one attached hydrogen (secondary N) is 1. The van der Waals surface area contributed by atoms with E-state index in [9.17, 15) is 0 Å². The van der Waals surface area contributed by atoms with E-state index in [0.29, 0.717) is 6.04 Å². The zero-order chi connectivity index (χ0) is 13.7. The fraction of sp³-hybridized carbons (Fsp3) is 0.625. The molecule has 1 aliphatic heterocycles. The van der Waals surface area contributed by atoms with Gasteiger partial charge in [0.25, 0.3) is 0 Å². The molecular formula is C16H26N2O. The second-order valence-corrected chi connectivity index (χ2v) is 5.78. The lowest BCUT2D eigenvalue weighted by atomic mass is 10.0. The van der Waals surface area contributed by atoms with Crippen molar-refractivity contribution >= 4 is 5.69 Å². The standard InChI is InChI=1S/C16H26N2O/c1-13(2)11-14-12-18(10-4-9-17-14)15-5-7-16(19-3)8-6-15/h5-8,13-14,17H,4,9-12H2,1-3H3. The summed E-state index contributed by atoms with van der Waals surface area (Å²) < 4.78 is 5.22. The molecule has 2 rings (SSSR count). The summed E-state index contributed by atoms with van der Waals surface area (Å²) in [5.74, 6) is 1.67. The van der Waals surface area contributed by atoms with E-state index in [1.54, 1.807) is 7.11 Å². The molecule has 0 amide bonds. The number of ether oxygens (including phenoxy) is 1. The van der Waals surface area contributed by atoms with Gasteiger partial charge in [-0.2, -0.15) is 0 Å². The van der Waals surface area contributed by atoms with Gasteiger partial charge in [-0.1, -0.05) is 13.8 Å². The molecule has 1 fully saturated rings. The summed E-state index contributed by atoms with van der Waals surface area (Å²) >= 11 is 0. The van der Waals surface area contributed by atoms with Gasteiger partial charge in [-0.15, -0.1) is 0 Å². The third-order valence-electron chi connectivity index (χ3n) is 3.67. The quantitative estimate of drug-likeness (QED) is 0.903.